The van der Waals surface area contributed by atoms with Crippen molar-refractivity contribution in [2.24, 2.45) is 0 Å². The molecule has 0 unspecified atom stereocenters. The van der Waals surface area contributed by atoms with Crippen LogP contribution in [0, 0.1) is 0 Å². The minimum absolute atomic E-state index is 0.0889. The van der Waals surface area contributed by atoms with Crippen LogP contribution in [-0.4, -0.2) is 42.4 Å². The van der Waals surface area contributed by atoms with E-state index in [0.717, 1.165) is 10.8 Å². The first-order valence-electron chi connectivity index (χ1n) is 11.3. The minimum atomic E-state index is -0.797. The topological polar surface area (TPSA) is 114 Å². The van der Waals surface area contributed by atoms with E-state index < -0.39 is 23.4 Å². The van der Waals surface area contributed by atoms with Crippen molar-refractivity contribution >= 4 is 40.2 Å². The van der Waals surface area contributed by atoms with Crippen LogP contribution in [0.3, 0.4) is 0 Å². The molecule has 3 aromatic rings. The summed E-state index contributed by atoms with van der Waals surface area (Å²) in [7, 11) is 0. The highest BCUT2D eigenvalue weighted by Gasteiger charge is 2.20. The standard InChI is InChI=1S/C27H29N3O5/c1-27(2,3)35-26(34)29-16-8-15-28-25(33)23(31)21-11-6-7-12-22(21)30-24(32)20-14-13-18-9-4-5-10-19(18)17-20/h4-7,9-14,17H,8,15-16H2,1-3H3,(H,28,33)(H,29,34)(H,30,32). The molecule has 0 atom stereocenters. The van der Waals surface area contributed by atoms with Crippen LogP contribution in [0.5, 0.6) is 0 Å². The van der Waals surface area contributed by atoms with Crippen LogP contribution in [0.2, 0.25) is 0 Å². The fourth-order valence-electron chi connectivity index (χ4n) is 3.31. The van der Waals surface area contributed by atoms with E-state index in [4.69, 9.17) is 4.74 Å². The smallest absolute Gasteiger partial charge is 0.407 e. The number of Topliss-reactive ketones (excluding diaryl/α,β-unsaturated/α-hetero) is 1. The SMILES string of the molecule is CC(C)(C)OC(=O)NCCCNC(=O)C(=O)c1ccccc1NC(=O)c1ccc2ccccc2c1. The molecule has 0 spiro atoms. The second-order valence-corrected chi connectivity index (χ2v) is 8.93. The van der Waals surface area contributed by atoms with Crippen molar-refractivity contribution in [3.63, 3.8) is 0 Å². The van der Waals surface area contributed by atoms with Gasteiger partial charge in [-0.05, 0) is 62.2 Å². The number of para-hydroxylation sites is 1. The van der Waals surface area contributed by atoms with Gasteiger partial charge >= 0.3 is 6.09 Å². The van der Waals surface area contributed by atoms with Gasteiger partial charge in [0.1, 0.15) is 5.60 Å². The van der Waals surface area contributed by atoms with E-state index in [2.05, 4.69) is 16.0 Å². The molecule has 0 heterocycles. The molecule has 8 heteroatoms. The lowest BCUT2D eigenvalue weighted by Crippen LogP contribution is -2.36. The third kappa shape index (κ3) is 7.40. The molecule has 0 aliphatic heterocycles. The van der Waals surface area contributed by atoms with Crippen LogP contribution in [0.25, 0.3) is 10.8 Å². The van der Waals surface area contributed by atoms with Crippen molar-refractivity contribution < 1.29 is 23.9 Å². The van der Waals surface area contributed by atoms with Crippen LogP contribution >= 0.6 is 0 Å². The monoisotopic (exact) mass is 475 g/mol. The molecule has 0 saturated heterocycles. The molecule has 0 aromatic heterocycles. The summed E-state index contributed by atoms with van der Waals surface area (Å²) >= 11 is 0. The Hall–Kier alpha value is -4.20. The lowest BCUT2D eigenvalue weighted by molar-refractivity contribution is -0.117. The molecule has 3 N–H and O–H groups in total. The van der Waals surface area contributed by atoms with E-state index in [1.165, 1.54) is 6.07 Å². The van der Waals surface area contributed by atoms with Crippen LogP contribution in [-0.2, 0) is 9.53 Å². The van der Waals surface area contributed by atoms with E-state index in [1.54, 1.807) is 51.1 Å². The van der Waals surface area contributed by atoms with Gasteiger partial charge in [-0.1, -0.05) is 42.5 Å². The van der Waals surface area contributed by atoms with Gasteiger partial charge in [0, 0.05) is 18.7 Å². The summed E-state index contributed by atoms with van der Waals surface area (Å²) < 4.78 is 5.13. The molecule has 0 aliphatic rings. The zero-order valence-electron chi connectivity index (χ0n) is 20.0. The van der Waals surface area contributed by atoms with Gasteiger partial charge in [-0.25, -0.2) is 4.79 Å². The number of hydrogen-bond acceptors (Lipinski definition) is 5. The molecule has 0 aliphatic carbocycles. The third-order valence-electron chi connectivity index (χ3n) is 4.95. The Morgan fingerprint density at radius 1 is 0.800 bits per heavy atom. The second-order valence-electron chi connectivity index (χ2n) is 8.93. The first-order valence-corrected chi connectivity index (χ1v) is 11.3. The van der Waals surface area contributed by atoms with Gasteiger partial charge in [-0.2, -0.15) is 0 Å². The van der Waals surface area contributed by atoms with Crippen molar-refractivity contribution in [1.29, 1.82) is 0 Å². The summed E-state index contributed by atoms with van der Waals surface area (Å²) in [5, 5.41) is 9.79. The lowest BCUT2D eigenvalue weighted by atomic mass is 10.1. The largest absolute Gasteiger partial charge is 0.444 e. The number of ketones is 1. The molecular formula is C27H29N3O5. The van der Waals surface area contributed by atoms with Gasteiger partial charge in [-0.15, -0.1) is 0 Å². The Balaban J connectivity index is 1.56. The molecule has 35 heavy (non-hydrogen) atoms. The Labute approximate surface area is 204 Å². The Kier molecular flexibility index (Phi) is 8.20. The number of hydrogen-bond donors (Lipinski definition) is 3. The zero-order chi connectivity index (χ0) is 25.4. The first kappa shape index (κ1) is 25.4. The maximum atomic E-state index is 12.8. The molecule has 0 bridgehead atoms. The molecule has 3 aromatic carbocycles. The highest BCUT2D eigenvalue weighted by atomic mass is 16.6. The van der Waals surface area contributed by atoms with Crippen LogP contribution < -0.4 is 16.0 Å². The average Bonchev–Trinajstić information content (AvgIpc) is 2.82. The summed E-state index contributed by atoms with van der Waals surface area (Å²) in [5.74, 6) is -1.95. The number of carbonyl (C=O) groups excluding carboxylic acids is 4. The van der Waals surface area contributed by atoms with Crippen LogP contribution in [0.4, 0.5) is 10.5 Å². The van der Waals surface area contributed by atoms with Gasteiger partial charge < -0.3 is 20.7 Å². The van der Waals surface area contributed by atoms with Crippen LogP contribution in [0.15, 0.2) is 66.7 Å². The number of benzene rings is 3. The van der Waals surface area contributed by atoms with E-state index in [1.807, 2.05) is 30.3 Å². The van der Waals surface area contributed by atoms with E-state index in [-0.39, 0.29) is 30.2 Å². The number of ether oxygens (including phenoxy) is 1. The number of amides is 3. The summed E-state index contributed by atoms with van der Waals surface area (Å²) in [5.41, 5.74) is 0.179. The fraction of sp³-hybridized carbons (Fsp3) is 0.259. The highest BCUT2D eigenvalue weighted by molar-refractivity contribution is 6.44. The summed E-state index contributed by atoms with van der Waals surface area (Å²) in [6.45, 7) is 5.76. The van der Waals surface area contributed by atoms with Crippen LogP contribution in [0.1, 0.15) is 47.9 Å². The molecule has 0 saturated carbocycles. The van der Waals surface area contributed by atoms with Gasteiger partial charge in [-0.3, -0.25) is 14.4 Å². The normalized spacial score (nSPS) is 10.9. The number of nitrogens with one attached hydrogen (secondary N) is 3. The molecular weight excluding hydrogens is 446 g/mol. The molecule has 8 nitrogen and oxygen atoms in total. The van der Waals surface area contributed by atoms with E-state index in [0.29, 0.717) is 12.0 Å². The number of fused-ring (bicyclic) bond motifs is 1. The maximum Gasteiger partial charge on any atom is 0.407 e. The Morgan fingerprint density at radius 3 is 2.20 bits per heavy atom. The molecule has 182 valence electrons. The Morgan fingerprint density at radius 2 is 1.46 bits per heavy atom. The molecule has 3 rings (SSSR count). The summed E-state index contributed by atoms with van der Waals surface area (Å²) in [4.78, 5) is 49.6. The second kappa shape index (κ2) is 11.3. The molecule has 0 radical (unpaired) electrons. The maximum absolute atomic E-state index is 12.8. The fourth-order valence-corrected chi connectivity index (χ4v) is 3.31. The molecule has 3 amide bonds. The van der Waals surface area contributed by atoms with Gasteiger partial charge in [0.2, 0.25) is 0 Å². The zero-order valence-corrected chi connectivity index (χ0v) is 20.0. The quantitative estimate of drug-likeness (QED) is 0.255. The van der Waals surface area contributed by atoms with Gasteiger partial charge in [0.25, 0.3) is 17.6 Å². The van der Waals surface area contributed by atoms with E-state index in [9.17, 15) is 19.2 Å². The Bertz CT molecular complexity index is 1250. The number of carbonyl (C=O) groups is 4. The van der Waals surface area contributed by atoms with Crippen molar-refractivity contribution in [3.8, 4) is 0 Å². The van der Waals surface area contributed by atoms with Crippen molar-refractivity contribution in [3.05, 3.63) is 77.9 Å². The number of alkyl carbamates (subject to hydrolysis) is 1. The highest BCUT2D eigenvalue weighted by Crippen LogP contribution is 2.20. The lowest BCUT2D eigenvalue weighted by Gasteiger charge is -2.19. The van der Waals surface area contributed by atoms with Crippen molar-refractivity contribution in [2.75, 3.05) is 18.4 Å². The van der Waals surface area contributed by atoms with E-state index >= 15 is 0 Å². The minimum Gasteiger partial charge on any atom is -0.444 e. The van der Waals surface area contributed by atoms with Crippen molar-refractivity contribution in [2.45, 2.75) is 32.8 Å². The summed E-state index contributed by atoms with van der Waals surface area (Å²) in [6.07, 6.45) is -0.130. The number of anilines is 1. The van der Waals surface area contributed by atoms with Crippen molar-refractivity contribution in [1.82, 2.24) is 10.6 Å². The summed E-state index contributed by atoms with van der Waals surface area (Å²) in [6, 6.07) is 19.4. The van der Waals surface area contributed by atoms with Gasteiger partial charge in [0.15, 0.2) is 0 Å². The van der Waals surface area contributed by atoms with Gasteiger partial charge in [0.05, 0.1) is 11.3 Å². The average molecular weight is 476 g/mol. The predicted octanol–water partition coefficient (Wildman–Crippen LogP) is 4.31. The predicted molar refractivity (Wildman–Crippen MR) is 135 cm³/mol. The molecule has 0 fully saturated rings. The third-order valence-corrected chi connectivity index (χ3v) is 4.95. The number of rotatable bonds is 8. The first-order chi connectivity index (χ1) is 16.6.